The number of carbonyl (C=O) groups is 3. The topological polar surface area (TPSA) is 156 Å². The van der Waals surface area contributed by atoms with Crippen molar-refractivity contribution < 1.29 is 23.9 Å². The molecule has 0 saturated heterocycles. The number of esters is 2. The third-order valence-corrected chi connectivity index (χ3v) is 8.49. The van der Waals surface area contributed by atoms with Crippen LogP contribution in [-0.4, -0.2) is 51.6 Å². The Balaban J connectivity index is 1.53. The van der Waals surface area contributed by atoms with E-state index in [1.54, 1.807) is 72.8 Å². The predicted octanol–water partition coefficient (Wildman–Crippen LogP) is 8.82. The van der Waals surface area contributed by atoms with Gasteiger partial charge in [-0.15, -0.1) is 0 Å². The van der Waals surface area contributed by atoms with Gasteiger partial charge >= 0.3 is 11.9 Å². The molecular weight excluding hydrogens is 658 g/mol. The van der Waals surface area contributed by atoms with Crippen LogP contribution in [0.4, 0.5) is 34.9 Å². The fraction of sp³-hybridized carbons (Fsp3) is 0.400. The van der Waals surface area contributed by atoms with E-state index in [9.17, 15) is 14.4 Å². The average Bonchev–Trinajstić information content (AvgIpc) is 3.12. The maximum Gasteiger partial charge on any atom is 0.338 e. The van der Waals surface area contributed by atoms with Gasteiger partial charge in [0, 0.05) is 28.2 Å². The number of carbonyl (C=O) groups excluding carboxylic acids is 3. The molecule has 4 N–H and O–H groups in total. The fourth-order valence-electron chi connectivity index (χ4n) is 5.03. The Bertz CT molecular complexity index is 1670. The van der Waals surface area contributed by atoms with Crippen molar-refractivity contribution in [1.82, 2.24) is 20.3 Å². The van der Waals surface area contributed by atoms with E-state index in [1.807, 2.05) is 20.8 Å². The number of ether oxygens (including phenoxy) is 2. The summed E-state index contributed by atoms with van der Waals surface area (Å²) < 4.78 is 11.0. The van der Waals surface area contributed by atoms with Crippen LogP contribution in [0.3, 0.4) is 0 Å². The van der Waals surface area contributed by atoms with E-state index in [0.29, 0.717) is 58.8 Å². The zero-order chi connectivity index (χ0) is 37.7. The van der Waals surface area contributed by atoms with Gasteiger partial charge in [-0.05, 0) is 105 Å². The van der Waals surface area contributed by atoms with Gasteiger partial charge in [-0.25, -0.2) is 9.59 Å². The van der Waals surface area contributed by atoms with Crippen molar-refractivity contribution in [1.29, 1.82) is 0 Å². The smallest absolute Gasteiger partial charge is 0.338 e. The Morgan fingerprint density at radius 1 is 0.538 bits per heavy atom. The molecule has 12 heteroatoms. The highest BCUT2D eigenvalue weighted by Gasteiger charge is 2.17. The lowest BCUT2D eigenvalue weighted by Gasteiger charge is -2.20. The second-order valence-corrected chi connectivity index (χ2v) is 13.7. The monoisotopic (exact) mass is 709 g/mol. The largest absolute Gasteiger partial charge is 0.462 e. The highest BCUT2D eigenvalue weighted by atomic mass is 16.5. The second-order valence-electron chi connectivity index (χ2n) is 13.7. The Hall–Kier alpha value is -5.52. The molecule has 0 unspecified atom stereocenters. The standard InChI is InChI=1S/C40H51N7O5/c1-8-26(9-2)24-51-35(49)29-14-20-32(21-15-29)42-38-44-37(41-31-18-12-28(13-19-31)34(48)47-40(5,6)7)45-39(46-38)43-33-22-16-30(17-23-33)36(50)52-25-27(10-3)11-4/h12-23,26-27H,8-11,24-25H2,1-7H3,(H,47,48)(H3,41,42,43,44,45,46). The van der Waals surface area contributed by atoms with Gasteiger partial charge in [-0.3, -0.25) is 4.79 Å². The molecule has 0 fully saturated rings. The third-order valence-electron chi connectivity index (χ3n) is 8.49. The van der Waals surface area contributed by atoms with Gasteiger partial charge < -0.3 is 30.7 Å². The summed E-state index contributed by atoms with van der Waals surface area (Å²) in [5.41, 5.74) is 2.99. The summed E-state index contributed by atoms with van der Waals surface area (Å²) >= 11 is 0. The van der Waals surface area contributed by atoms with E-state index in [4.69, 9.17) is 9.47 Å². The number of hydrogen-bond acceptors (Lipinski definition) is 11. The van der Waals surface area contributed by atoms with E-state index in [0.717, 1.165) is 25.7 Å². The Labute approximate surface area is 306 Å². The zero-order valence-corrected chi connectivity index (χ0v) is 31.2. The van der Waals surface area contributed by atoms with Crippen molar-refractivity contribution in [2.24, 2.45) is 11.8 Å². The van der Waals surface area contributed by atoms with Gasteiger partial charge in [-0.1, -0.05) is 53.4 Å². The first-order valence-corrected chi connectivity index (χ1v) is 17.9. The molecule has 1 amide bonds. The molecule has 4 rings (SSSR count). The lowest BCUT2D eigenvalue weighted by Crippen LogP contribution is -2.40. The molecule has 276 valence electrons. The van der Waals surface area contributed by atoms with Crippen LogP contribution in [0.25, 0.3) is 0 Å². The Morgan fingerprint density at radius 3 is 1.13 bits per heavy atom. The number of aromatic nitrogens is 3. The number of nitrogens with zero attached hydrogens (tertiary/aromatic N) is 3. The molecule has 0 radical (unpaired) electrons. The van der Waals surface area contributed by atoms with Crippen molar-refractivity contribution in [3.05, 3.63) is 89.5 Å². The molecule has 1 aromatic heterocycles. The van der Waals surface area contributed by atoms with Gasteiger partial charge in [0.2, 0.25) is 17.8 Å². The quantitative estimate of drug-likeness (QED) is 0.0777. The summed E-state index contributed by atoms with van der Waals surface area (Å²) in [6.45, 7) is 14.9. The lowest BCUT2D eigenvalue weighted by molar-refractivity contribution is 0.0424. The maximum absolute atomic E-state index is 12.6. The van der Waals surface area contributed by atoms with Gasteiger partial charge in [0.1, 0.15) is 0 Å². The van der Waals surface area contributed by atoms with Crippen molar-refractivity contribution >= 4 is 52.8 Å². The first kappa shape index (κ1) is 39.3. The van der Waals surface area contributed by atoms with Crippen LogP contribution in [0.2, 0.25) is 0 Å². The van der Waals surface area contributed by atoms with Gasteiger partial charge in [0.05, 0.1) is 24.3 Å². The molecule has 0 atom stereocenters. The number of benzene rings is 3. The van der Waals surface area contributed by atoms with Crippen LogP contribution in [0.15, 0.2) is 72.8 Å². The number of amides is 1. The van der Waals surface area contributed by atoms with Crippen molar-refractivity contribution in [3.8, 4) is 0 Å². The molecule has 0 aliphatic rings. The van der Waals surface area contributed by atoms with Crippen LogP contribution in [0, 0.1) is 11.8 Å². The summed E-state index contributed by atoms with van der Waals surface area (Å²) in [7, 11) is 0. The Morgan fingerprint density at radius 2 is 0.846 bits per heavy atom. The SMILES string of the molecule is CCC(CC)COC(=O)c1ccc(Nc2nc(Nc3ccc(C(=O)NC(C)(C)C)cc3)nc(Nc3ccc(C(=O)OCC(CC)CC)cc3)n2)cc1. The summed E-state index contributed by atoms with van der Waals surface area (Å²) in [6.07, 6.45) is 3.80. The lowest BCUT2D eigenvalue weighted by atomic mass is 10.1. The molecule has 0 saturated carbocycles. The molecular formula is C40H51N7O5. The molecule has 0 aliphatic carbocycles. The van der Waals surface area contributed by atoms with Crippen LogP contribution in [0.5, 0.6) is 0 Å². The number of nitrogens with one attached hydrogen (secondary N) is 4. The summed E-state index contributed by atoms with van der Waals surface area (Å²) in [5.74, 6) is 0.447. The normalized spacial score (nSPS) is 11.2. The summed E-state index contributed by atoms with van der Waals surface area (Å²) in [5, 5.41) is 12.5. The molecule has 4 aromatic rings. The molecule has 1 heterocycles. The van der Waals surface area contributed by atoms with E-state index in [2.05, 4.69) is 63.9 Å². The van der Waals surface area contributed by atoms with Gasteiger partial charge in [0.25, 0.3) is 5.91 Å². The van der Waals surface area contributed by atoms with E-state index < -0.39 is 0 Å². The minimum atomic E-state index is -0.371. The molecule has 52 heavy (non-hydrogen) atoms. The van der Waals surface area contributed by atoms with Crippen molar-refractivity contribution in [2.75, 3.05) is 29.2 Å². The molecule has 0 aliphatic heterocycles. The molecule has 3 aromatic carbocycles. The van der Waals surface area contributed by atoms with Crippen molar-refractivity contribution in [3.63, 3.8) is 0 Å². The maximum atomic E-state index is 12.6. The average molecular weight is 710 g/mol. The minimum Gasteiger partial charge on any atom is -0.462 e. The fourth-order valence-corrected chi connectivity index (χ4v) is 5.03. The first-order chi connectivity index (χ1) is 24.9. The first-order valence-electron chi connectivity index (χ1n) is 17.9. The summed E-state index contributed by atoms with van der Waals surface area (Å²) in [6, 6.07) is 20.7. The zero-order valence-electron chi connectivity index (χ0n) is 31.2. The van der Waals surface area contributed by atoms with E-state index in [1.165, 1.54) is 0 Å². The third kappa shape index (κ3) is 12.1. The molecule has 0 spiro atoms. The van der Waals surface area contributed by atoms with Crippen LogP contribution in [0.1, 0.15) is 105 Å². The highest BCUT2D eigenvalue weighted by Crippen LogP contribution is 2.23. The number of hydrogen-bond donors (Lipinski definition) is 4. The molecule has 0 bridgehead atoms. The van der Waals surface area contributed by atoms with Crippen LogP contribution in [-0.2, 0) is 9.47 Å². The van der Waals surface area contributed by atoms with Crippen LogP contribution >= 0.6 is 0 Å². The number of anilines is 6. The Kier molecular flexibility index (Phi) is 14.1. The van der Waals surface area contributed by atoms with Crippen molar-refractivity contribution in [2.45, 2.75) is 79.7 Å². The highest BCUT2D eigenvalue weighted by molar-refractivity contribution is 5.95. The molecule has 12 nitrogen and oxygen atoms in total. The number of rotatable bonds is 17. The van der Waals surface area contributed by atoms with Gasteiger partial charge in [0.15, 0.2) is 0 Å². The van der Waals surface area contributed by atoms with Gasteiger partial charge in [-0.2, -0.15) is 15.0 Å². The predicted molar refractivity (Wildman–Crippen MR) is 205 cm³/mol. The van der Waals surface area contributed by atoms with E-state index >= 15 is 0 Å². The minimum absolute atomic E-state index is 0.173. The summed E-state index contributed by atoms with van der Waals surface area (Å²) in [4.78, 5) is 51.5. The van der Waals surface area contributed by atoms with Crippen LogP contribution < -0.4 is 21.3 Å². The van der Waals surface area contributed by atoms with E-state index in [-0.39, 0.29) is 41.2 Å². The second kappa shape index (κ2) is 18.6.